The van der Waals surface area contributed by atoms with Gasteiger partial charge in [0, 0.05) is 19.3 Å². The maximum atomic E-state index is 13.0. The van der Waals surface area contributed by atoms with Crippen LogP contribution >= 0.6 is 7.82 Å². The lowest BCUT2D eigenvalue weighted by Crippen LogP contribution is -2.30. The highest BCUT2D eigenvalue weighted by atomic mass is 31.2. The van der Waals surface area contributed by atoms with E-state index in [1.54, 1.807) is 0 Å². The van der Waals surface area contributed by atoms with Crippen molar-refractivity contribution in [3.05, 3.63) is 60.8 Å². The first-order valence-electron chi connectivity index (χ1n) is 32.2. The summed E-state index contributed by atoms with van der Waals surface area (Å²) in [5, 5.41) is 9.83. The molecule has 454 valence electrons. The van der Waals surface area contributed by atoms with Crippen molar-refractivity contribution in [3.63, 3.8) is 0 Å². The summed E-state index contributed by atoms with van der Waals surface area (Å²) in [5.74, 6) is -1.48. The van der Waals surface area contributed by atoms with Crippen LogP contribution in [0.15, 0.2) is 60.8 Å². The van der Waals surface area contributed by atoms with Gasteiger partial charge in [0.1, 0.15) is 12.7 Å². The summed E-state index contributed by atoms with van der Waals surface area (Å²) in [6.07, 6.45) is 67.4. The Morgan fingerprint density at radius 1 is 0.359 bits per heavy atom. The Labute approximate surface area is 478 Å². The number of esters is 3. The van der Waals surface area contributed by atoms with Crippen LogP contribution in [-0.4, -0.2) is 66.5 Å². The van der Waals surface area contributed by atoms with Gasteiger partial charge in [0.2, 0.25) is 0 Å². The molecule has 2 N–H and O–H groups in total. The zero-order valence-corrected chi connectivity index (χ0v) is 51.3. The number of hydrogen-bond donors (Lipinski definition) is 2. The van der Waals surface area contributed by atoms with Gasteiger partial charge >= 0.3 is 25.7 Å². The summed E-state index contributed by atoms with van der Waals surface area (Å²) in [7, 11) is -4.76. The third-order valence-electron chi connectivity index (χ3n) is 13.9. The number of ether oxygens (including phenoxy) is 3. The molecule has 0 aliphatic carbocycles. The quantitative estimate of drug-likeness (QED) is 0.0197. The molecule has 0 heterocycles. The lowest BCUT2D eigenvalue weighted by Gasteiger charge is -2.21. The molecular weight excluding hydrogens is 1000 g/mol. The van der Waals surface area contributed by atoms with Crippen molar-refractivity contribution in [1.82, 2.24) is 0 Å². The Balaban J connectivity index is 4.72. The average molecular weight is 1120 g/mol. The van der Waals surface area contributed by atoms with E-state index in [9.17, 15) is 28.9 Å². The SMILES string of the molecule is CCCCC/C=C\C/C=C\C/C=C\CCCCCCCCC(=O)OCC(COP(=O)(O)OCC(CO)OC(=O)CCCCCCC/C=C\CCCCCC)OC(=O)CCCCCCCCCCC/C=C\CCCCCCCC. The lowest BCUT2D eigenvalue weighted by molar-refractivity contribution is -0.161. The van der Waals surface area contributed by atoms with Gasteiger partial charge in [-0.15, -0.1) is 0 Å². The Bertz CT molecular complexity index is 1540. The number of phosphoric acid groups is 1. The molecule has 0 amide bonds. The Morgan fingerprint density at radius 2 is 0.628 bits per heavy atom. The summed E-state index contributed by atoms with van der Waals surface area (Å²) in [5.41, 5.74) is 0. The van der Waals surface area contributed by atoms with Gasteiger partial charge in [0.25, 0.3) is 0 Å². The van der Waals surface area contributed by atoms with Gasteiger partial charge in [0.05, 0.1) is 19.8 Å². The fourth-order valence-corrected chi connectivity index (χ4v) is 9.73. The molecule has 0 saturated carbocycles. The average Bonchev–Trinajstić information content (AvgIpc) is 3.43. The molecule has 0 spiro atoms. The fourth-order valence-electron chi connectivity index (χ4n) is 8.94. The van der Waals surface area contributed by atoms with Crippen LogP contribution < -0.4 is 0 Å². The molecule has 0 aromatic rings. The Morgan fingerprint density at radius 3 is 1.01 bits per heavy atom. The van der Waals surface area contributed by atoms with Gasteiger partial charge < -0.3 is 24.2 Å². The highest BCUT2D eigenvalue weighted by Gasteiger charge is 2.28. The van der Waals surface area contributed by atoms with Crippen molar-refractivity contribution in [1.29, 1.82) is 0 Å². The van der Waals surface area contributed by atoms with E-state index in [4.69, 9.17) is 23.3 Å². The molecule has 0 fully saturated rings. The van der Waals surface area contributed by atoms with E-state index in [0.29, 0.717) is 19.3 Å². The second-order valence-electron chi connectivity index (χ2n) is 21.6. The van der Waals surface area contributed by atoms with Crippen LogP contribution in [0.1, 0.15) is 303 Å². The van der Waals surface area contributed by atoms with Gasteiger partial charge in [0.15, 0.2) is 6.10 Å². The van der Waals surface area contributed by atoms with Crippen molar-refractivity contribution in [2.24, 2.45) is 0 Å². The standard InChI is InChI=1S/C66H119O11P/c1-4-7-10-13-16-19-22-25-27-29-31-33-35-38-40-43-46-49-52-55-64(68)73-59-63(77-66(70)57-54-51-48-45-42-39-36-34-32-30-28-26-23-20-17-14-11-8-5-2)61-75-78(71,72)74-60-62(58-67)76-65(69)56-53-50-47-44-41-37-24-21-18-15-12-9-6-3/h16,19,21,24-28,31,33,62-63,67H,4-15,17-18,20,22-23,29-30,32,34-61H2,1-3H3,(H,71,72)/b19-16-,24-21-,27-25-,28-26-,33-31-. The van der Waals surface area contributed by atoms with Gasteiger partial charge in [-0.2, -0.15) is 0 Å². The first kappa shape index (κ1) is 75.2. The number of carbonyl (C=O) groups excluding carboxylic acids is 3. The minimum Gasteiger partial charge on any atom is -0.462 e. The van der Waals surface area contributed by atoms with Gasteiger partial charge in [-0.3, -0.25) is 23.4 Å². The van der Waals surface area contributed by atoms with E-state index in [-0.39, 0.29) is 25.9 Å². The van der Waals surface area contributed by atoms with Gasteiger partial charge in [-0.25, -0.2) is 4.57 Å². The first-order chi connectivity index (χ1) is 38.2. The largest absolute Gasteiger partial charge is 0.472 e. The first-order valence-corrected chi connectivity index (χ1v) is 33.7. The van der Waals surface area contributed by atoms with Crippen molar-refractivity contribution in [2.45, 2.75) is 315 Å². The minimum absolute atomic E-state index is 0.162. The molecule has 0 aromatic heterocycles. The van der Waals surface area contributed by atoms with E-state index in [0.717, 1.165) is 109 Å². The molecule has 78 heavy (non-hydrogen) atoms. The normalized spacial score (nSPS) is 13.7. The van der Waals surface area contributed by atoms with Crippen LogP contribution in [0.5, 0.6) is 0 Å². The van der Waals surface area contributed by atoms with E-state index in [1.807, 2.05) is 0 Å². The summed E-state index contributed by atoms with van der Waals surface area (Å²) in [6.45, 7) is 4.62. The van der Waals surface area contributed by atoms with E-state index in [2.05, 4.69) is 81.5 Å². The molecule has 0 bridgehead atoms. The van der Waals surface area contributed by atoms with Crippen LogP contribution in [0.4, 0.5) is 0 Å². The van der Waals surface area contributed by atoms with Crippen LogP contribution in [-0.2, 0) is 42.2 Å². The van der Waals surface area contributed by atoms with Crippen LogP contribution in [0.2, 0.25) is 0 Å². The summed E-state index contributed by atoms with van der Waals surface area (Å²) in [4.78, 5) is 48.7. The Kier molecular flexibility index (Phi) is 58.1. The summed E-state index contributed by atoms with van der Waals surface area (Å²) < 4.78 is 39.7. The van der Waals surface area contributed by atoms with Crippen LogP contribution in [0.3, 0.4) is 0 Å². The molecule has 3 atom stereocenters. The maximum absolute atomic E-state index is 13.0. The van der Waals surface area contributed by atoms with E-state index < -0.39 is 57.8 Å². The predicted octanol–water partition coefficient (Wildman–Crippen LogP) is 19.5. The van der Waals surface area contributed by atoms with E-state index >= 15 is 0 Å². The number of phosphoric ester groups is 1. The second-order valence-corrected chi connectivity index (χ2v) is 23.0. The fraction of sp³-hybridized carbons (Fsp3) is 0.803. The third-order valence-corrected chi connectivity index (χ3v) is 14.8. The number of aliphatic hydroxyl groups is 1. The highest BCUT2D eigenvalue weighted by Crippen LogP contribution is 2.43. The zero-order valence-electron chi connectivity index (χ0n) is 50.4. The maximum Gasteiger partial charge on any atom is 0.472 e. The van der Waals surface area contributed by atoms with Crippen molar-refractivity contribution in [2.75, 3.05) is 26.4 Å². The van der Waals surface area contributed by atoms with Crippen molar-refractivity contribution in [3.8, 4) is 0 Å². The van der Waals surface area contributed by atoms with Gasteiger partial charge in [-0.1, -0.05) is 236 Å². The van der Waals surface area contributed by atoms with Crippen LogP contribution in [0.25, 0.3) is 0 Å². The predicted molar refractivity (Wildman–Crippen MR) is 325 cm³/mol. The molecule has 0 radical (unpaired) electrons. The summed E-state index contributed by atoms with van der Waals surface area (Å²) >= 11 is 0. The van der Waals surface area contributed by atoms with Crippen molar-refractivity contribution >= 4 is 25.7 Å². The number of unbranched alkanes of at least 4 members (excludes halogenated alkanes) is 33. The van der Waals surface area contributed by atoms with Gasteiger partial charge in [-0.05, 0) is 109 Å². The molecule has 12 heteroatoms. The molecule has 0 aliphatic heterocycles. The number of hydrogen-bond acceptors (Lipinski definition) is 10. The van der Waals surface area contributed by atoms with Crippen molar-refractivity contribution < 1.29 is 52.2 Å². The van der Waals surface area contributed by atoms with E-state index in [1.165, 1.54) is 135 Å². The molecule has 11 nitrogen and oxygen atoms in total. The topological polar surface area (TPSA) is 155 Å². The number of rotatable bonds is 60. The lowest BCUT2D eigenvalue weighted by atomic mass is 10.1. The molecule has 0 aliphatic rings. The molecule has 3 unspecified atom stereocenters. The Hall–Kier alpha value is -2.82. The second kappa shape index (κ2) is 60.3. The molecular formula is C66H119O11P. The van der Waals surface area contributed by atoms with Crippen LogP contribution in [0, 0.1) is 0 Å². The zero-order chi connectivity index (χ0) is 56.9. The third kappa shape index (κ3) is 57.9. The smallest absolute Gasteiger partial charge is 0.462 e. The number of allylic oxidation sites excluding steroid dienone is 10. The highest BCUT2D eigenvalue weighted by molar-refractivity contribution is 7.47. The molecule has 0 aromatic carbocycles. The number of aliphatic hydroxyl groups excluding tert-OH is 1. The summed E-state index contributed by atoms with van der Waals surface area (Å²) in [6, 6.07) is 0. The molecule has 0 rings (SSSR count). The minimum atomic E-state index is -4.76. The molecule has 0 saturated heterocycles. The number of carbonyl (C=O) groups is 3. The monoisotopic (exact) mass is 1120 g/mol.